The van der Waals surface area contributed by atoms with Crippen LogP contribution in [0.3, 0.4) is 0 Å². The van der Waals surface area contributed by atoms with Crippen molar-refractivity contribution in [2.75, 3.05) is 28.6 Å². The molecule has 0 radical (unpaired) electrons. The molecule has 1 aliphatic rings. The number of piperidine rings is 1. The van der Waals surface area contributed by atoms with Gasteiger partial charge in [-0.1, -0.05) is 0 Å². The van der Waals surface area contributed by atoms with Gasteiger partial charge in [0.05, 0.1) is 22.3 Å². The molecule has 0 atom stereocenters. The maximum atomic E-state index is 12.0. The maximum Gasteiger partial charge on any atom is 0.419 e. The van der Waals surface area contributed by atoms with Gasteiger partial charge < -0.3 is 25.7 Å². The third kappa shape index (κ3) is 4.56. The highest BCUT2D eigenvalue weighted by atomic mass is 16.4. The quantitative estimate of drug-likeness (QED) is 0.374. The van der Waals surface area contributed by atoms with Crippen molar-refractivity contribution in [2.24, 2.45) is 12.8 Å². The van der Waals surface area contributed by atoms with Crippen LogP contribution in [0.5, 0.6) is 0 Å². The molecular formula is C25H24N8O3. The molecule has 0 bridgehead atoms. The predicted molar refractivity (Wildman–Crippen MR) is 135 cm³/mol. The summed E-state index contributed by atoms with van der Waals surface area (Å²) in [4.78, 5) is 34.7. The van der Waals surface area contributed by atoms with Crippen molar-refractivity contribution in [3.8, 4) is 6.07 Å². The van der Waals surface area contributed by atoms with Gasteiger partial charge in [0.25, 0.3) is 5.91 Å². The molecule has 4 N–H and O–H groups in total. The Kier molecular flexibility index (Phi) is 6.00. The predicted octanol–water partition coefficient (Wildman–Crippen LogP) is 2.72. The van der Waals surface area contributed by atoms with Gasteiger partial charge in [-0.25, -0.2) is 14.8 Å². The Balaban J connectivity index is 1.30. The number of nitrogens with two attached hydrogens (primary N) is 1. The van der Waals surface area contributed by atoms with Gasteiger partial charge in [0.15, 0.2) is 5.58 Å². The summed E-state index contributed by atoms with van der Waals surface area (Å²) in [5, 5.41) is 15.6. The van der Waals surface area contributed by atoms with E-state index in [1.165, 1.54) is 10.8 Å². The van der Waals surface area contributed by atoms with Crippen LogP contribution in [0.15, 0.2) is 58.0 Å². The minimum Gasteiger partial charge on any atom is -0.408 e. The van der Waals surface area contributed by atoms with Crippen molar-refractivity contribution in [2.45, 2.75) is 18.9 Å². The van der Waals surface area contributed by atoms with Crippen LogP contribution in [0.2, 0.25) is 0 Å². The summed E-state index contributed by atoms with van der Waals surface area (Å²) in [6.45, 7) is 1.56. The molecule has 11 nitrogen and oxygen atoms in total. The largest absolute Gasteiger partial charge is 0.419 e. The Morgan fingerprint density at radius 2 is 1.97 bits per heavy atom. The van der Waals surface area contributed by atoms with Gasteiger partial charge in [0, 0.05) is 56.4 Å². The van der Waals surface area contributed by atoms with Crippen LogP contribution < -0.4 is 27.0 Å². The maximum absolute atomic E-state index is 12.0. The number of rotatable bonds is 6. The number of anilines is 4. The minimum absolute atomic E-state index is 0.128. The van der Waals surface area contributed by atoms with Gasteiger partial charge in [-0.05, 0) is 37.1 Å². The van der Waals surface area contributed by atoms with Crippen LogP contribution >= 0.6 is 0 Å². The van der Waals surface area contributed by atoms with E-state index in [9.17, 15) is 9.59 Å². The number of hydrogen-bond donors (Lipinski definition) is 3. The Labute approximate surface area is 206 Å². The number of aryl methyl sites for hydroxylation is 1. The van der Waals surface area contributed by atoms with E-state index in [4.69, 9.17) is 15.4 Å². The fraction of sp³-hybridized carbons (Fsp3) is 0.240. The average Bonchev–Trinajstić information content (AvgIpc) is 3.17. The highest BCUT2D eigenvalue weighted by molar-refractivity contribution is 5.98. The summed E-state index contributed by atoms with van der Waals surface area (Å²) in [7, 11) is 1.65. The monoisotopic (exact) mass is 484 g/mol. The Morgan fingerprint density at radius 1 is 1.17 bits per heavy atom. The third-order valence-corrected chi connectivity index (χ3v) is 6.29. The first kappa shape index (κ1) is 22.9. The van der Waals surface area contributed by atoms with E-state index in [-0.39, 0.29) is 6.04 Å². The van der Waals surface area contributed by atoms with Crippen LogP contribution in [-0.2, 0) is 7.05 Å². The zero-order chi connectivity index (χ0) is 25.2. The highest BCUT2D eigenvalue weighted by Crippen LogP contribution is 2.27. The van der Waals surface area contributed by atoms with E-state index in [2.05, 4.69) is 31.6 Å². The molecule has 0 unspecified atom stereocenters. The van der Waals surface area contributed by atoms with E-state index in [0.717, 1.165) is 31.7 Å². The number of carbonyl (C=O) groups excluding carboxylic acids is 1. The standard InChI is InChI=1S/C25H24N8O3/c1-32-20-4-3-17(10-21(20)36-25(32)35)31-22-11-19(18(14-28-22)24(27)34)30-16-6-8-33(9-7-16)23-5-2-15(12-26)13-29-23/h2-5,10-11,13-14,16H,6-9H2,1H3,(H2,27,34)(H2,28,30,31). The van der Waals surface area contributed by atoms with Gasteiger partial charge >= 0.3 is 5.76 Å². The molecule has 1 fully saturated rings. The molecule has 1 saturated heterocycles. The first-order valence-corrected chi connectivity index (χ1v) is 11.5. The van der Waals surface area contributed by atoms with Gasteiger partial charge in [-0.15, -0.1) is 0 Å². The van der Waals surface area contributed by atoms with Gasteiger partial charge in [0.1, 0.15) is 17.7 Å². The number of nitriles is 1. The molecule has 3 aromatic heterocycles. The second-order valence-corrected chi connectivity index (χ2v) is 8.64. The van der Waals surface area contributed by atoms with E-state index < -0.39 is 11.7 Å². The Bertz CT molecular complexity index is 1530. The van der Waals surface area contributed by atoms with Crippen molar-refractivity contribution in [1.29, 1.82) is 5.26 Å². The number of nitrogens with one attached hydrogen (secondary N) is 2. The lowest BCUT2D eigenvalue weighted by molar-refractivity contribution is 0.100. The molecule has 1 aromatic carbocycles. The number of oxazole rings is 1. The van der Waals surface area contributed by atoms with Crippen LogP contribution in [0.25, 0.3) is 11.1 Å². The zero-order valence-electron chi connectivity index (χ0n) is 19.6. The molecule has 1 aliphatic heterocycles. The number of nitrogens with zero attached hydrogens (tertiary/aromatic N) is 5. The number of aromatic nitrogens is 3. The van der Waals surface area contributed by atoms with Crippen molar-refractivity contribution < 1.29 is 9.21 Å². The van der Waals surface area contributed by atoms with E-state index >= 15 is 0 Å². The molecule has 36 heavy (non-hydrogen) atoms. The lowest BCUT2D eigenvalue weighted by Gasteiger charge is -2.34. The van der Waals surface area contributed by atoms with E-state index in [1.807, 2.05) is 12.1 Å². The molecule has 0 saturated carbocycles. The first-order chi connectivity index (χ1) is 17.4. The minimum atomic E-state index is -0.566. The zero-order valence-corrected chi connectivity index (χ0v) is 19.6. The highest BCUT2D eigenvalue weighted by Gasteiger charge is 2.22. The number of primary amides is 1. The Morgan fingerprint density at radius 3 is 2.67 bits per heavy atom. The second-order valence-electron chi connectivity index (χ2n) is 8.64. The van der Waals surface area contributed by atoms with Crippen LogP contribution in [-0.4, -0.2) is 39.6 Å². The fourth-order valence-electron chi connectivity index (χ4n) is 4.31. The normalized spacial score (nSPS) is 13.9. The molecule has 0 spiro atoms. The SMILES string of the molecule is Cn1c(=O)oc2cc(Nc3cc(NC4CCN(c5ccc(C#N)cn5)CC4)c(C(N)=O)cn3)ccc21. The fourth-order valence-corrected chi connectivity index (χ4v) is 4.31. The third-order valence-electron chi connectivity index (χ3n) is 6.29. The molecule has 1 amide bonds. The summed E-state index contributed by atoms with van der Waals surface area (Å²) < 4.78 is 6.69. The summed E-state index contributed by atoms with van der Waals surface area (Å²) in [5.74, 6) is 0.355. The summed E-state index contributed by atoms with van der Waals surface area (Å²) in [6, 6.07) is 12.9. The average molecular weight is 485 g/mol. The molecule has 4 aromatic rings. The van der Waals surface area contributed by atoms with Crippen LogP contribution in [0.4, 0.5) is 23.0 Å². The number of benzene rings is 1. The number of hydrogen-bond acceptors (Lipinski definition) is 9. The molecule has 11 heteroatoms. The number of pyridine rings is 2. The summed E-state index contributed by atoms with van der Waals surface area (Å²) in [5.41, 5.74) is 8.87. The lowest BCUT2D eigenvalue weighted by Crippen LogP contribution is -2.39. The molecule has 5 rings (SSSR count). The molecular weight excluding hydrogens is 460 g/mol. The van der Waals surface area contributed by atoms with Crippen molar-refractivity contribution in [3.63, 3.8) is 0 Å². The number of fused-ring (bicyclic) bond motifs is 1. The molecule has 0 aliphatic carbocycles. The smallest absolute Gasteiger partial charge is 0.408 e. The van der Waals surface area contributed by atoms with Crippen LogP contribution in [0, 0.1) is 11.3 Å². The van der Waals surface area contributed by atoms with Gasteiger partial charge in [-0.3, -0.25) is 9.36 Å². The lowest BCUT2D eigenvalue weighted by atomic mass is 10.0. The van der Waals surface area contributed by atoms with Gasteiger partial charge in [-0.2, -0.15) is 5.26 Å². The molecule has 182 valence electrons. The van der Waals surface area contributed by atoms with Crippen molar-refractivity contribution >= 4 is 40.0 Å². The summed E-state index contributed by atoms with van der Waals surface area (Å²) >= 11 is 0. The summed E-state index contributed by atoms with van der Waals surface area (Å²) in [6.07, 6.45) is 4.68. The van der Waals surface area contributed by atoms with Crippen molar-refractivity contribution in [3.05, 3.63) is 70.5 Å². The van der Waals surface area contributed by atoms with E-state index in [0.29, 0.717) is 39.4 Å². The number of carbonyl (C=O) groups is 1. The molecule has 4 heterocycles. The topological polar surface area (TPSA) is 155 Å². The second kappa shape index (κ2) is 9.42. The Hall–Kier alpha value is -4.85. The van der Waals surface area contributed by atoms with Crippen molar-refractivity contribution in [1.82, 2.24) is 14.5 Å². The number of amides is 1. The van der Waals surface area contributed by atoms with Gasteiger partial charge in [0.2, 0.25) is 0 Å². The first-order valence-electron chi connectivity index (χ1n) is 11.5. The van der Waals surface area contributed by atoms with Crippen LogP contribution in [0.1, 0.15) is 28.8 Å². The van der Waals surface area contributed by atoms with E-state index in [1.54, 1.807) is 37.5 Å².